The minimum absolute atomic E-state index is 0.0118. The summed E-state index contributed by atoms with van der Waals surface area (Å²) in [5.74, 6) is 0. The van der Waals surface area contributed by atoms with Crippen molar-refractivity contribution in [3.05, 3.63) is 0 Å². The van der Waals surface area contributed by atoms with Gasteiger partial charge in [0.05, 0.1) is 12.3 Å². The van der Waals surface area contributed by atoms with E-state index in [9.17, 15) is 0 Å². The van der Waals surface area contributed by atoms with Gasteiger partial charge in [0.1, 0.15) is 0 Å². The molecule has 1 fully saturated rings. The maximum Gasteiger partial charge on any atom is 0.0997 e. The molecule has 0 aliphatic carbocycles. The Hall–Kier alpha value is -0.0800. The van der Waals surface area contributed by atoms with Crippen molar-refractivity contribution in [3.63, 3.8) is 0 Å². The van der Waals surface area contributed by atoms with Gasteiger partial charge >= 0.3 is 0 Å². The van der Waals surface area contributed by atoms with Crippen LogP contribution in [0.15, 0.2) is 0 Å². The highest BCUT2D eigenvalue weighted by Crippen LogP contribution is 2.36. The lowest BCUT2D eigenvalue weighted by molar-refractivity contribution is -0.117. The average molecular weight is 199 g/mol. The van der Waals surface area contributed by atoms with Gasteiger partial charge in [0.2, 0.25) is 0 Å². The quantitative estimate of drug-likeness (QED) is 0.595. The van der Waals surface area contributed by atoms with Crippen LogP contribution in [0.4, 0.5) is 0 Å². The fourth-order valence-electron chi connectivity index (χ4n) is 2.64. The highest BCUT2D eigenvalue weighted by molar-refractivity contribution is 4.85. The van der Waals surface area contributed by atoms with E-state index in [1.165, 1.54) is 6.42 Å². The molecule has 0 bridgehead atoms. The lowest BCUT2D eigenvalue weighted by atomic mass is 9.77. The SMILES string of the molecule is CC1CC(C)(C)CC(C)(C)OCN1C. The van der Waals surface area contributed by atoms with Crippen molar-refractivity contribution in [2.24, 2.45) is 5.41 Å². The van der Waals surface area contributed by atoms with Crippen molar-refractivity contribution >= 4 is 0 Å². The molecule has 0 radical (unpaired) electrons. The van der Waals surface area contributed by atoms with Gasteiger partial charge < -0.3 is 4.74 Å². The molecule has 0 N–H and O–H groups in total. The van der Waals surface area contributed by atoms with Crippen LogP contribution in [0.25, 0.3) is 0 Å². The first-order chi connectivity index (χ1) is 6.22. The number of hydrogen-bond acceptors (Lipinski definition) is 2. The first-order valence-corrected chi connectivity index (χ1v) is 5.56. The number of nitrogens with zero attached hydrogens (tertiary/aromatic N) is 1. The molecule has 1 atom stereocenters. The predicted octanol–water partition coefficient (Wildman–Crippen LogP) is 2.88. The van der Waals surface area contributed by atoms with Gasteiger partial charge in [0.15, 0.2) is 0 Å². The standard InChI is InChI=1S/C12H25NO/c1-10-7-11(2,3)8-12(4,5)14-9-13(10)6/h10H,7-9H2,1-6H3. The third-order valence-corrected chi connectivity index (χ3v) is 3.16. The van der Waals surface area contributed by atoms with E-state index in [1.807, 2.05) is 0 Å². The van der Waals surface area contributed by atoms with Gasteiger partial charge in [-0.15, -0.1) is 0 Å². The Kier molecular flexibility index (Phi) is 3.27. The molecule has 0 aromatic heterocycles. The summed E-state index contributed by atoms with van der Waals surface area (Å²) in [6.07, 6.45) is 2.38. The number of rotatable bonds is 0. The van der Waals surface area contributed by atoms with Crippen LogP contribution in [0.3, 0.4) is 0 Å². The Morgan fingerprint density at radius 3 is 2.36 bits per heavy atom. The van der Waals surface area contributed by atoms with E-state index in [0.29, 0.717) is 11.5 Å². The van der Waals surface area contributed by atoms with Gasteiger partial charge in [-0.3, -0.25) is 4.90 Å². The largest absolute Gasteiger partial charge is 0.360 e. The van der Waals surface area contributed by atoms with Crippen molar-refractivity contribution in [3.8, 4) is 0 Å². The topological polar surface area (TPSA) is 12.5 Å². The smallest absolute Gasteiger partial charge is 0.0997 e. The average Bonchev–Trinajstić information content (AvgIpc) is 1.95. The predicted molar refractivity (Wildman–Crippen MR) is 60.3 cm³/mol. The van der Waals surface area contributed by atoms with Crippen molar-refractivity contribution < 1.29 is 4.74 Å². The highest BCUT2D eigenvalue weighted by atomic mass is 16.5. The second-order valence-electron chi connectivity index (χ2n) is 6.18. The third kappa shape index (κ3) is 3.25. The van der Waals surface area contributed by atoms with Crippen LogP contribution in [0.1, 0.15) is 47.5 Å². The van der Waals surface area contributed by atoms with E-state index in [-0.39, 0.29) is 5.60 Å². The first-order valence-electron chi connectivity index (χ1n) is 5.56. The Balaban J connectivity index is 2.74. The maximum absolute atomic E-state index is 5.91. The second kappa shape index (κ2) is 3.82. The minimum atomic E-state index is 0.0118. The molecule has 0 saturated carbocycles. The van der Waals surface area contributed by atoms with E-state index >= 15 is 0 Å². The monoisotopic (exact) mass is 199 g/mol. The molecule has 2 heteroatoms. The van der Waals surface area contributed by atoms with Gasteiger partial charge in [0.25, 0.3) is 0 Å². The highest BCUT2D eigenvalue weighted by Gasteiger charge is 2.34. The zero-order valence-corrected chi connectivity index (χ0v) is 10.6. The van der Waals surface area contributed by atoms with Crippen LogP contribution in [0.5, 0.6) is 0 Å². The zero-order chi connectivity index (χ0) is 11.0. The molecule has 1 heterocycles. The second-order valence-corrected chi connectivity index (χ2v) is 6.18. The van der Waals surface area contributed by atoms with Gasteiger partial charge in [-0.2, -0.15) is 0 Å². The number of hydrogen-bond donors (Lipinski definition) is 0. The van der Waals surface area contributed by atoms with Crippen molar-refractivity contribution in [2.45, 2.75) is 59.1 Å². The molecule has 1 saturated heterocycles. The molecule has 0 aromatic carbocycles. The molecule has 1 rings (SSSR count). The van der Waals surface area contributed by atoms with Gasteiger partial charge in [-0.1, -0.05) is 13.8 Å². The van der Waals surface area contributed by atoms with Crippen LogP contribution in [-0.4, -0.2) is 30.3 Å². The third-order valence-electron chi connectivity index (χ3n) is 3.16. The minimum Gasteiger partial charge on any atom is -0.360 e. The van der Waals surface area contributed by atoms with E-state index in [4.69, 9.17) is 4.74 Å². The molecule has 0 amide bonds. The summed E-state index contributed by atoms with van der Waals surface area (Å²) >= 11 is 0. The number of ether oxygens (including phenoxy) is 1. The summed E-state index contributed by atoms with van der Waals surface area (Å²) < 4.78 is 5.91. The molecule has 1 aliphatic rings. The molecular formula is C12H25NO. The van der Waals surface area contributed by atoms with E-state index < -0.39 is 0 Å². The summed E-state index contributed by atoms with van der Waals surface area (Å²) in [7, 11) is 2.14. The van der Waals surface area contributed by atoms with Crippen LogP contribution in [0, 0.1) is 5.41 Å². The van der Waals surface area contributed by atoms with Crippen LogP contribution < -0.4 is 0 Å². The Bertz CT molecular complexity index is 198. The molecule has 1 aliphatic heterocycles. The summed E-state index contributed by atoms with van der Waals surface area (Å²) in [4.78, 5) is 2.29. The van der Waals surface area contributed by atoms with E-state index in [1.54, 1.807) is 0 Å². The first kappa shape index (κ1) is 12.0. The fourth-order valence-corrected chi connectivity index (χ4v) is 2.64. The molecule has 2 nitrogen and oxygen atoms in total. The zero-order valence-electron chi connectivity index (χ0n) is 10.6. The van der Waals surface area contributed by atoms with Crippen LogP contribution in [-0.2, 0) is 4.74 Å². The molecule has 0 spiro atoms. The van der Waals surface area contributed by atoms with Crippen LogP contribution >= 0.6 is 0 Å². The van der Waals surface area contributed by atoms with Gasteiger partial charge in [0, 0.05) is 6.04 Å². The lowest BCUT2D eigenvalue weighted by Gasteiger charge is -2.42. The van der Waals surface area contributed by atoms with Gasteiger partial charge in [-0.25, -0.2) is 0 Å². The molecule has 84 valence electrons. The Morgan fingerprint density at radius 1 is 1.21 bits per heavy atom. The molecular weight excluding hydrogens is 174 g/mol. The Morgan fingerprint density at radius 2 is 1.79 bits per heavy atom. The van der Waals surface area contributed by atoms with Crippen molar-refractivity contribution in [1.82, 2.24) is 4.90 Å². The molecule has 0 aromatic rings. The maximum atomic E-state index is 5.91. The normalized spacial score (nSPS) is 33.4. The summed E-state index contributed by atoms with van der Waals surface area (Å²) in [5.41, 5.74) is 0.384. The van der Waals surface area contributed by atoms with Gasteiger partial charge in [-0.05, 0) is 46.1 Å². The molecule has 1 unspecified atom stereocenters. The van der Waals surface area contributed by atoms with E-state index in [2.05, 4.69) is 46.6 Å². The Labute approximate surface area is 88.6 Å². The van der Waals surface area contributed by atoms with Crippen molar-refractivity contribution in [1.29, 1.82) is 0 Å². The molecule has 14 heavy (non-hydrogen) atoms. The summed E-state index contributed by atoms with van der Waals surface area (Å²) in [5, 5.41) is 0. The lowest BCUT2D eigenvalue weighted by Crippen LogP contribution is -2.44. The summed E-state index contributed by atoms with van der Waals surface area (Å²) in [6, 6.07) is 0.612. The fraction of sp³-hybridized carbons (Fsp3) is 1.00. The van der Waals surface area contributed by atoms with Crippen LogP contribution in [0.2, 0.25) is 0 Å². The van der Waals surface area contributed by atoms with E-state index in [0.717, 1.165) is 13.2 Å². The summed E-state index contributed by atoms with van der Waals surface area (Å²) in [6.45, 7) is 12.1. The van der Waals surface area contributed by atoms with Crippen molar-refractivity contribution in [2.75, 3.05) is 13.8 Å².